The van der Waals surface area contributed by atoms with E-state index < -0.39 is 0 Å². The van der Waals surface area contributed by atoms with Gasteiger partial charge in [0.25, 0.3) is 0 Å². The molecule has 3 aromatic carbocycles. The molecule has 0 saturated heterocycles. The first-order valence-electron chi connectivity index (χ1n) is 8.62. The van der Waals surface area contributed by atoms with E-state index in [1.807, 2.05) is 73.7 Å². The Morgan fingerprint density at radius 3 is 2.56 bits per heavy atom. The van der Waals surface area contributed by atoms with E-state index in [4.69, 9.17) is 21.8 Å². The lowest BCUT2D eigenvalue weighted by molar-refractivity contribution is 0.668. The average Bonchev–Trinajstić information content (AvgIpc) is 3.05. The molecule has 0 amide bonds. The van der Waals surface area contributed by atoms with Crippen molar-refractivity contribution in [3.63, 3.8) is 0 Å². The molecular formula is C22H18ClN3O. The molecule has 4 nitrogen and oxygen atoms in total. The number of amidine groups is 2. The van der Waals surface area contributed by atoms with E-state index in [9.17, 15) is 0 Å². The zero-order valence-corrected chi connectivity index (χ0v) is 15.6. The summed E-state index contributed by atoms with van der Waals surface area (Å²) < 4.78 is 5.92. The summed E-state index contributed by atoms with van der Waals surface area (Å²) in [6, 6.07) is 21.3. The molecule has 1 aromatic heterocycles. The number of para-hydroxylation sites is 1. The standard InChI is InChI=1S/C22H18ClN3O/c1-14(26-22(24)15-7-3-2-4-8-15)25-13-16-11-17(23)12-20-21(16)18-9-5-6-10-19(18)27-20/h2-12H,13H2,1H3,(H2,24,25,26). The van der Waals surface area contributed by atoms with E-state index in [0.29, 0.717) is 23.2 Å². The van der Waals surface area contributed by atoms with Crippen LogP contribution < -0.4 is 5.73 Å². The quantitative estimate of drug-likeness (QED) is 0.376. The molecule has 4 aromatic rings. The van der Waals surface area contributed by atoms with Gasteiger partial charge < -0.3 is 10.2 Å². The number of nitrogens with zero attached hydrogens (tertiary/aromatic N) is 2. The van der Waals surface area contributed by atoms with Crippen molar-refractivity contribution < 1.29 is 4.42 Å². The van der Waals surface area contributed by atoms with Crippen LogP contribution in [0, 0.1) is 0 Å². The third-order valence-electron chi connectivity index (χ3n) is 4.35. The Balaban J connectivity index is 1.70. The molecule has 27 heavy (non-hydrogen) atoms. The monoisotopic (exact) mass is 375 g/mol. The summed E-state index contributed by atoms with van der Waals surface area (Å²) in [7, 11) is 0. The van der Waals surface area contributed by atoms with Crippen molar-refractivity contribution in [2.75, 3.05) is 0 Å². The SMILES string of the molecule is CC(=NCc1cc(Cl)cc2oc3ccccc3c12)N=C(N)c1ccccc1. The predicted octanol–water partition coefficient (Wildman–Crippen LogP) is 5.56. The highest BCUT2D eigenvalue weighted by Crippen LogP contribution is 2.34. The van der Waals surface area contributed by atoms with Gasteiger partial charge in [-0.15, -0.1) is 0 Å². The van der Waals surface area contributed by atoms with Crippen LogP contribution in [0.2, 0.25) is 5.02 Å². The lowest BCUT2D eigenvalue weighted by atomic mass is 10.1. The molecule has 0 aliphatic carbocycles. The summed E-state index contributed by atoms with van der Waals surface area (Å²) in [6.45, 7) is 2.28. The molecule has 2 N–H and O–H groups in total. The smallest absolute Gasteiger partial charge is 0.137 e. The maximum absolute atomic E-state index is 6.28. The van der Waals surface area contributed by atoms with Crippen LogP contribution in [0.3, 0.4) is 0 Å². The van der Waals surface area contributed by atoms with E-state index in [1.165, 1.54) is 0 Å². The van der Waals surface area contributed by atoms with Gasteiger partial charge >= 0.3 is 0 Å². The van der Waals surface area contributed by atoms with E-state index >= 15 is 0 Å². The summed E-state index contributed by atoms with van der Waals surface area (Å²) in [5, 5.41) is 2.71. The van der Waals surface area contributed by atoms with Crippen molar-refractivity contribution in [3.05, 3.63) is 82.9 Å². The van der Waals surface area contributed by atoms with Gasteiger partial charge in [-0.05, 0) is 24.6 Å². The Morgan fingerprint density at radius 2 is 1.74 bits per heavy atom. The third kappa shape index (κ3) is 3.57. The van der Waals surface area contributed by atoms with E-state index in [2.05, 4.69) is 9.98 Å². The van der Waals surface area contributed by atoms with Gasteiger partial charge in [0, 0.05) is 27.4 Å². The topological polar surface area (TPSA) is 63.9 Å². The Hall–Kier alpha value is -3.11. The number of aliphatic imine (C=N–C) groups is 2. The first-order chi connectivity index (χ1) is 13.1. The van der Waals surface area contributed by atoms with Gasteiger partial charge in [-0.25, -0.2) is 4.99 Å². The fourth-order valence-corrected chi connectivity index (χ4v) is 3.34. The molecule has 5 heteroatoms. The van der Waals surface area contributed by atoms with Crippen LogP contribution in [0.15, 0.2) is 81.1 Å². The number of halogens is 1. The summed E-state index contributed by atoms with van der Waals surface area (Å²) in [4.78, 5) is 8.99. The minimum absolute atomic E-state index is 0.442. The average molecular weight is 376 g/mol. The molecule has 0 unspecified atom stereocenters. The maximum atomic E-state index is 6.28. The largest absolute Gasteiger partial charge is 0.456 e. The number of nitrogens with two attached hydrogens (primary N) is 1. The van der Waals surface area contributed by atoms with Gasteiger partial charge in [0.15, 0.2) is 0 Å². The second kappa shape index (κ2) is 7.25. The second-order valence-electron chi connectivity index (χ2n) is 6.26. The molecule has 0 bridgehead atoms. The number of hydrogen-bond acceptors (Lipinski definition) is 2. The molecule has 0 aliphatic heterocycles. The van der Waals surface area contributed by atoms with Crippen LogP contribution in [0.5, 0.6) is 0 Å². The lowest BCUT2D eigenvalue weighted by Crippen LogP contribution is -2.14. The first kappa shape index (κ1) is 17.3. The van der Waals surface area contributed by atoms with Gasteiger partial charge in [-0.1, -0.05) is 60.1 Å². The van der Waals surface area contributed by atoms with Crippen molar-refractivity contribution in [2.45, 2.75) is 13.5 Å². The van der Waals surface area contributed by atoms with Crippen molar-refractivity contribution >= 4 is 45.2 Å². The molecule has 0 fully saturated rings. The molecule has 4 rings (SSSR count). The fraction of sp³-hybridized carbons (Fsp3) is 0.0909. The predicted molar refractivity (Wildman–Crippen MR) is 113 cm³/mol. The third-order valence-corrected chi connectivity index (χ3v) is 4.57. The highest BCUT2D eigenvalue weighted by molar-refractivity contribution is 6.31. The molecule has 0 spiro atoms. The zero-order chi connectivity index (χ0) is 18.8. The first-order valence-corrected chi connectivity index (χ1v) is 9.00. The Bertz CT molecular complexity index is 1180. The number of benzene rings is 3. The Kier molecular flexibility index (Phi) is 4.65. The van der Waals surface area contributed by atoms with Gasteiger partial charge in [-0.2, -0.15) is 0 Å². The minimum Gasteiger partial charge on any atom is -0.456 e. The van der Waals surface area contributed by atoms with Gasteiger partial charge in [0.2, 0.25) is 0 Å². The molecule has 0 saturated carbocycles. The van der Waals surface area contributed by atoms with Gasteiger partial charge in [-0.3, -0.25) is 4.99 Å². The summed E-state index contributed by atoms with van der Waals surface area (Å²) in [5.74, 6) is 1.05. The van der Waals surface area contributed by atoms with Crippen molar-refractivity contribution in [1.29, 1.82) is 0 Å². The van der Waals surface area contributed by atoms with Gasteiger partial charge in [0.05, 0.1) is 6.54 Å². The van der Waals surface area contributed by atoms with Crippen LogP contribution >= 0.6 is 11.6 Å². The fourth-order valence-electron chi connectivity index (χ4n) is 3.11. The number of rotatable bonds is 3. The number of hydrogen-bond donors (Lipinski definition) is 1. The van der Waals surface area contributed by atoms with Crippen molar-refractivity contribution in [3.8, 4) is 0 Å². The van der Waals surface area contributed by atoms with E-state index in [1.54, 1.807) is 0 Å². The van der Waals surface area contributed by atoms with Crippen molar-refractivity contribution in [1.82, 2.24) is 0 Å². The molecule has 0 aliphatic rings. The Morgan fingerprint density at radius 1 is 1.00 bits per heavy atom. The van der Waals surface area contributed by atoms with E-state index in [-0.39, 0.29) is 0 Å². The Labute approximate surface area is 162 Å². The molecular weight excluding hydrogens is 358 g/mol. The van der Waals surface area contributed by atoms with Crippen LogP contribution in [0.25, 0.3) is 21.9 Å². The molecule has 134 valence electrons. The second-order valence-corrected chi connectivity index (χ2v) is 6.70. The van der Waals surface area contributed by atoms with Crippen LogP contribution in [-0.2, 0) is 6.54 Å². The maximum Gasteiger partial charge on any atom is 0.137 e. The normalized spacial score (nSPS) is 12.8. The highest BCUT2D eigenvalue weighted by Gasteiger charge is 2.12. The summed E-state index contributed by atoms with van der Waals surface area (Å²) in [6.07, 6.45) is 0. The highest BCUT2D eigenvalue weighted by atomic mass is 35.5. The van der Waals surface area contributed by atoms with Crippen LogP contribution in [0.4, 0.5) is 0 Å². The lowest BCUT2D eigenvalue weighted by Gasteiger charge is -2.03. The molecule has 1 heterocycles. The molecule has 0 radical (unpaired) electrons. The number of fused-ring (bicyclic) bond motifs is 3. The van der Waals surface area contributed by atoms with E-state index in [0.717, 1.165) is 33.1 Å². The number of furan rings is 1. The minimum atomic E-state index is 0.442. The van der Waals surface area contributed by atoms with Crippen molar-refractivity contribution in [2.24, 2.45) is 15.7 Å². The van der Waals surface area contributed by atoms with Crippen LogP contribution in [-0.4, -0.2) is 11.7 Å². The van der Waals surface area contributed by atoms with Crippen LogP contribution in [0.1, 0.15) is 18.1 Å². The summed E-state index contributed by atoms with van der Waals surface area (Å²) in [5.41, 5.74) is 9.54. The van der Waals surface area contributed by atoms with Gasteiger partial charge in [0.1, 0.15) is 22.8 Å². The zero-order valence-electron chi connectivity index (χ0n) is 14.8. The molecule has 0 atom stereocenters. The summed E-state index contributed by atoms with van der Waals surface area (Å²) >= 11 is 6.28.